The first-order valence-corrected chi connectivity index (χ1v) is 7.05. The molecule has 0 aliphatic carbocycles. The van der Waals surface area contributed by atoms with Crippen molar-refractivity contribution in [3.63, 3.8) is 0 Å². The van der Waals surface area contributed by atoms with Crippen LogP contribution >= 0.6 is 0 Å². The molecule has 1 aromatic rings. The summed E-state index contributed by atoms with van der Waals surface area (Å²) in [4.78, 5) is 0. The number of halogens is 1. The second-order valence-corrected chi connectivity index (χ2v) is 6.30. The van der Waals surface area contributed by atoms with E-state index in [1.54, 1.807) is 0 Å². The fraction of sp³-hybridized carbons (Fsp3) is 0.625. The molecule has 1 nitrogen and oxygen atoms in total. The molecule has 0 amide bonds. The third kappa shape index (κ3) is 2.31. The van der Waals surface area contributed by atoms with Gasteiger partial charge in [-0.2, -0.15) is 0 Å². The highest BCUT2D eigenvalue weighted by Crippen LogP contribution is 2.39. The standard InChI is InChI=1S/C16H22FN/c1-11-3-4-12(2)13(7-11)8-16(17)9-14-5-6-15(10-16)18-14/h3-4,7,14-15,18H,5-6,8-10H2,1-2H3. The smallest absolute Gasteiger partial charge is 0.118 e. The summed E-state index contributed by atoms with van der Waals surface area (Å²) in [6, 6.07) is 7.21. The minimum atomic E-state index is -0.990. The maximum absolute atomic E-state index is 15.1. The number of hydrogen-bond donors (Lipinski definition) is 1. The van der Waals surface area contributed by atoms with Crippen molar-refractivity contribution in [3.8, 4) is 0 Å². The lowest BCUT2D eigenvalue weighted by Gasteiger charge is -2.35. The van der Waals surface area contributed by atoms with Gasteiger partial charge in [-0.05, 0) is 50.7 Å². The summed E-state index contributed by atoms with van der Waals surface area (Å²) >= 11 is 0. The van der Waals surface area contributed by atoms with Gasteiger partial charge in [-0.25, -0.2) is 4.39 Å². The van der Waals surface area contributed by atoms with Crippen molar-refractivity contribution in [1.29, 1.82) is 0 Å². The average molecular weight is 247 g/mol. The SMILES string of the molecule is Cc1ccc(C)c(CC2(F)CC3CCC(C2)N3)c1. The van der Waals surface area contributed by atoms with Crippen molar-refractivity contribution in [2.45, 2.75) is 63.7 Å². The fourth-order valence-corrected chi connectivity index (χ4v) is 3.67. The molecule has 2 bridgehead atoms. The van der Waals surface area contributed by atoms with Gasteiger partial charge in [0, 0.05) is 18.5 Å². The van der Waals surface area contributed by atoms with E-state index in [9.17, 15) is 0 Å². The Morgan fingerprint density at radius 3 is 2.56 bits per heavy atom. The van der Waals surface area contributed by atoms with Crippen molar-refractivity contribution in [2.24, 2.45) is 0 Å². The molecule has 98 valence electrons. The third-order valence-electron chi connectivity index (χ3n) is 4.57. The Balaban J connectivity index is 1.81. The van der Waals surface area contributed by atoms with E-state index in [-0.39, 0.29) is 0 Å². The van der Waals surface area contributed by atoms with Gasteiger partial charge in [0.15, 0.2) is 0 Å². The molecule has 2 aliphatic heterocycles. The van der Waals surface area contributed by atoms with E-state index >= 15 is 4.39 Å². The number of alkyl halides is 1. The van der Waals surface area contributed by atoms with Crippen molar-refractivity contribution in [3.05, 3.63) is 34.9 Å². The first-order chi connectivity index (χ1) is 8.54. The molecule has 0 saturated carbocycles. The van der Waals surface area contributed by atoms with Gasteiger partial charge in [0.2, 0.25) is 0 Å². The number of nitrogens with one attached hydrogen (secondary N) is 1. The van der Waals surface area contributed by atoms with Crippen LogP contribution in [0, 0.1) is 13.8 Å². The molecule has 2 atom stereocenters. The quantitative estimate of drug-likeness (QED) is 0.844. The Morgan fingerprint density at radius 1 is 1.22 bits per heavy atom. The van der Waals surface area contributed by atoms with Gasteiger partial charge in [0.05, 0.1) is 0 Å². The van der Waals surface area contributed by atoms with Crippen LogP contribution < -0.4 is 5.32 Å². The van der Waals surface area contributed by atoms with Crippen LogP contribution in [-0.2, 0) is 6.42 Å². The number of fused-ring (bicyclic) bond motifs is 2. The molecular weight excluding hydrogens is 225 g/mol. The van der Waals surface area contributed by atoms with Crippen LogP contribution in [0.1, 0.15) is 42.4 Å². The summed E-state index contributed by atoms with van der Waals surface area (Å²) < 4.78 is 15.1. The molecule has 1 N–H and O–H groups in total. The number of piperidine rings is 1. The number of benzene rings is 1. The molecule has 1 aromatic carbocycles. The molecule has 2 fully saturated rings. The Bertz CT molecular complexity index is 442. The summed E-state index contributed by atoms with van der Waals surface area (Å²) in [7, 11) is 0. The minimum Gasteiger partial charge on any atom is -0.311 e. The topological polar surface area (TPSA) is 12.0 Å². The van der Waals surface area contributed by atoms with Crippen molar-refractivity contribution in [1.82, 2.24) is 5.32 Å². The molecule has 2 unspecified atom stereocenters. The van der Waals surface area contributed by atoms with Crippen LogP contribution in [0.2, 0.25) is 0 Å². The Hall–Kier alpha value is -0.890. The maximum Gasteiger partial charge on any atom is 0.118 e. The average Bonchev–Trinajstić information content (AvgIpc) is 2.64. The second-order valence-electron chi connectivity index (χ2n) is 6.30. The van der Waals surface area contributed by atoms with Gasteiger partial charge >= 0.3 is 0 Å². The first kappa shape index (κ1) is 12.2. The van der Waals surface area contributed by atoms with Crippen molar-refractivity contribution in [2.75, 3.05) is 0 Å². The Labute approximate surface area is 109 Å². The van der Waals surface area contributed by atoms with E-state index in [1.165, 1.54) is 16.7 Å². The lowest BCUT2D eigenvalue weighted by molar-refractivity contribution is 0.0892. The molecule has 2 saturated heterocycles. The van der Waals surface area contributed by atoms with Crippen LogP contribution in [0.4, 0.5) is 4.39 Å². The van der Waals surface area contributed by atoms with E-state index in [2.05, 4.69) is 37.4 Å². The zero-order valence-electron chi connectivity index (χ0n) is 11.3. The van der Waals surface area contributed by atoms with E-state index < -0.39 is 5.67 Å². The molecule has 2 aliphatic rings. The highest BCUT2D eigenvalue weighted by Gasteiger charge is 2.44. The molecular formula is C16H22FN. The largest absolute Gasteiger partial charge is 0.311 e. The lowest BCUT2D eigenvalue weighted by atomic mass is 9.83. The Morgan fingerprint density at radius 2 is 1.89 bits per heavy atom. The van der Waals surface area contributed by atoms with E-state index in [1.807, 2.05) is 0 Å². The molecule has 0 spiro atoms. The summed E-state index contributed by atoms with van der Waals surface area (Å²) in [6.45, 7) is 4.17. The van der Waals surface area contributed by atoms with Crippen LogP contribution in [0.25, 0.3) is 0 Å². The predicted octanol–water partition coefficient (Wildman–Crippen LogP) is 3.47. The number of aryl methyl sites for hydroxylation is 2. The zero-order chi connectivity index (χ0) is 12.8. The first-order valence-electron chi connectivity index (χ1n) is 7.05. The lowest BCUT2D eigenvalue weighted by Crippen LogP contribution is -2.47. The van der Waals surface area contributed by atoms with Crippen molar-refractivity contribution >= 4 is 0 Å². The minimum absolute atomic E-state index is 0.416. The van der Waals surface area contributed by atoms with E-state index in [4.69, 9.17) is 0 Å². The van der Waals surface area contributed by atoms with Gasteiger partial charge in [-0.15, -0.1) is 0 Å². The predicted molar refractivity (Wildman–Crippen MR) is 72.6 cm³/mol. The van der Waals surface area contributed by atoms with Crippen molar-refractivity contribution < 1.29 is 4.39 Å². The van der Waals surface area contributed by atoms with Gasteiger partial charge in [0.1, 0.15) is 5.67 Å². The molecule has 2 heterocycles. The summed E-state index contributed by atoms with van der Waals surface area (Å²) in [5.41, 5.74) is 2.66. The highest BCUT2D eigenvalue weighted by molar-refractivity contribution is 5.32. The normalized spacial score (nSPS) is 34.8. The zero-order valence-corrected chi connectivity index (χ0v) is 11.3. The fourth-order valence-electron chi connectivity index (χ4n) is 3.67. The number of hydrogen-bond acceptors (Lipinski definition) is 1. The number of rotatable bonds is 2. The van der Waals surface area contributed by atoms with Gasteiger partial charge in [0.25, 0.3) is 0 Å². The highest BCUT2D eigenvalue weighted by atomic mass is 19.1. The molecule has 3 rings (SSSR count). The molecule has 2 heteroatoms. The van der Waals surface area contributed by atoms with Gasteiger partial charge in [-0.3, -0.25) is 0 Å². The maximum atomic E-state index is 15.1. The van der Waals surface area contributed by atoms with Crippen LogP contribution in [0.5, 0.6) is 0 Å². The van der Waals surface area contributed by atoms with Crippen LogP contribution in [0.15, 0.2) is 18.2 Å². The van der Waals surface area contributed by atoms with E-state index in [0.717, 1.165) is 12.8 Å². The van der Waals surface area contributed by atoms with Crippen LogP contribution in [-0.4, -0.2) is 17.8 Å². The molecule has 0 radical (unpaired) electrons. The summed E-state index contributed by atoms with van der Waals surface area (Å²) in [5, 5.41) is 3.52. The van der Waals surface area contributed by atoms with Crippen LogP contribution in [0.3, 0.4) is 0 Å². The van der Waals surface area contributed by atoms with Gasteiger partial charge in [-0.1, -0.05) is 23.8 Å². The second kappa shape index (κ2) is 4.34. The van der Waals surface area contributed by atoms with Gasteiger partial charge < -0.3 is 5.32 Å². The monoisotopic (exact) mass is 247 g/mol. The third-order valence-corrected chi connectivity index (χ3v) is 4.57. The van der Waals surface area contributed by atoms with E-state index in [0.29, 0.717) is 31.3 Å². The summed E-state index contributed by atoms with van der Waals surface area (Å²) in [6.07, 6.45) is 4.29. The molecule has 0 aromatic heterocycles. The Kier molecular flexibility index (Phi) is 2.93. The molecule has 18 heavy (non-hydrogen) atoms. The summed E-state index contributed by atoms with van der Waals surface area (Å²) in [5.74, 6) is 0.